The van der Waals surface area contributed by atoms with E-state index in [0.717, 1.165) is 51.4 Å². The average molecular weight is 544 g/mol. The first kappa shape index (κ1) is 30.5. The predicted octanol–water partition coefficient (Wildman–Crippen LogP) is 5.03. The Hall–Kier alpha value is -1.47. The van der Waals surface area contributed by atoms with Crippen LogP contribution in [0.25, 0.3) is 0 Å². The smallest absolute Gasteiger partial charge is 0.303 e. The van der Waals surface area contributed by atoms with Crippen LogP contribution in [0.15, 0.2) is 30.3 Å². The van der Waals surface area contributed by atoms with Gasteiger partial charge in [0.1, 0.15) is 0 Å². The highest BCUT2D eigenvalue weighted by molar-refractivity contribution is 5.66. The summed E-state index contributed by atoms with van der Waals surface area (Å²) in [4.78, 5) is 11.1. The maximum atomic E-state index is 11.5. The summed E-state index contributed by atoms with van der Waals surface area (Å²) < 4.78 is 0. The van der Waals surface area contributed by atoms with Crippen molar-refractivity contribution in [2.24, 2.45) is 52.1 Å². The Kier molecular flexibility index (Phi) is 9.52. The molecule has 4 aliphatic carbocycles. The van der Waals surface area contributed by atoms with Crippen LogP contribution in [0.5, 0.6) is 0 Å². The van der Waals surface area contributed by atoms with Crippen molar-refractivity contribution in [3.05, 3.63) is 35.9 Å². The molecular weight excluding hydrogens is 490 g/mol. The van der Waals surface area contributed by atoms with Gasteiger partial charge in [-0.2, -0.15) is 0 Å². The van der Waals surface area contributed by atoms with Crippen molar-refractivity contribution >= 4 is 5.97 Å². The van der Waals surface area contributed by atoms with E-state index in [2.05, 4.69) is 32.9 Å². The number of aliphatic carboxylic acids is 1. The van der Waals surface area contributed by atoms with Gasteiger partial charge < -0.3 is 26.2 Å². The lowest BCUT2D eigenvalue weighted by Gasteiger charge is -2.63. The molecule has 0 amide bonds. The largest absolute Gasteiger partial charge is 0.481 e. The quantitative estimate of drug-likeness (QED) is 0.343. The van der Waals surface area contributed by atoms with Crippen LogP contribution in [-0.4, -0.2) is 50.7 Å². The Morgan fingerprint density at radius 3 is 2.33 bits per heavy atom. The molecule has 1 unspecified atom stereocenters. The Bertz CT molecular complexity index is 955. The van der Waals surface area contributed by atoms with Gasteiger partial charge in [0.15, 0.2) is 0 Å². The molecule has 0 radical (unpaired) electrons. The first-order valence-corrected chi connectivity index (χ1v) is 15.4. The van der Waals surface area contributed by atoms with Crippen LogP contribution < -0.4 is 5.73 Å². The highest BCUT2D eigenvalue weighted by Gasteiger charge is 2.65. The maximum Gasteiger partial charge on any atom is 0.303 e. The molecule has 6 N–H and O–H groups in total. The van der Waals surface area contributed by atoms with E-state index in [1.54, 1.807) is 0 Å². The third-order valence-corrected chi connectivity index (χ3v) is 11.7. The molecule has 0 aliphatic heterocycles. The molecule has 6 nitrogen and oxygen atoms in total. The fraction of sp³-hybridized carbons (Fsp3) is 0.788. The number of nitrogens with two attached hydrogens (primary N) is 1. The van der Waals surface area contributed by atoms with Gasteiger partial charge in [0.2, 0.25) is 0 Å². The molecule has 1 aromatic carbocycles. The second kappa shape index (κ2) is 12.2. The van der Waals surface area contributed by atoms with Crippen molar-refractivity contribution in [1.29, 1.82) is 0 Å². The summed E-state index contributed by atoms with van der Waals surface area (Å²) in [5.41, 5.74) is 6.80. The van der Waals surface area contributed by atoms with Gasteiger partial charge in [0.25, 0.3) is 0 Å². The highest BCUT2D eigenvalue weighted by atomic mass is 16.4. The highest BCUT2D eigenvalue weighted by Crippen LogP contribution is 2.68. The summed E-state index contributed by atoms with van der Waals surface area (Å²) >= 11 is 0. The predicted molar refractivity (Wildman–Crippen MR) is 154 cm³/mol. The van der Waals surface area contributed by atoms with Gasteiger partial charge in [-0.3, -0.25) is 4.79 Å². The summed E-state index contributed by atoms with van der Waals surface area (Å²) in [6.45, 7) is 8.74. The molecule has 4 aliphatic rings. The van der Waals surface area contributed by atoms with E-state index in [0.29, 0.717) is 30.1 Å². The van der Waals surface area contributed by atoms with Crippen molar-refractivity contribution in [1.82, 2.24) is 0 Å². The number of carboxylic acid groups (broad SMARTS) is 1. The van der Waals surface area contributed by atoms with Gasteiger partial charge in [-0.05, 0) is 117 Å². The number of aliphatic hydroxyl groups is 3. The molecule has 0 saturated heterocycles. The molecule has 1 aromatic rings. The Morgan fingerprint density at radius 2 is 1.69 bits per heavy atom. The van der Waals surface area contributed by atoms with E-state index in [1.807, 2.05) is 25.1 Å². The molecule has 5 rings (SSSR count). The second-order valence-electron chi connectivity index (χ2n) is 14.1. The zero-order valence-electron chi connectivity index (χ0n) is 24.5. The topological polar surface area (TPSA) is 124 Å². The standard InChI is InChI=1S/C24H40O5.C9H13N/c1-13(4-7-21(28)29)16-5-6-17-22-18(12-20(27)24(16,17)3)23(2)9-8-15(25)10-14(23)11-19(22)26;1-8(10)7-9-5-3-2-4-6-9/h13-20,22,25-27H,4-12H2,1-3H3,(H,28,29);2-6,8H,7,10H2,1H3/t13-,14+,15-,16-,17+,18+,19-,20+,22+,23+,24-;/m1./s1. The summed E-state index contributed by atoms with van der Waals surface area (Å²) in [5, 5.41) is 42.0. The average Bonchev–Trinajstić information content (AvgIpc) is 3.23. The van der Waals surface area contributed by atoms with E-state index >= 15 is 0 Å². The maximum absolute atomic E-state index is 11.5. The first-order chi connectivity index (χ1) is 18.4. The number of aliphatic hydroxyl groups excluding tert-OH is 3. The molecule has 0 heterocycles. The molecule has 220 valence electrons. The lowest BCUT2D eigenvalue weighted by Crippen LogP contribution is -2.62. The number of hydrogen-bond acceptors (Lipinski definition) is 5. The number of carboxylic acids is 1. The zero-order chi connectivity index (χ0) is 28.5. The van der Waals surface area contributed by atoms with Crippen LogP contribution in [0.2, 0.25) is 0 Å². The van der Waals surface area contributed by atoms with E-state index in [4.69, 9.17) is 10.8 Å². The van der Waals surface area contributed by atoms with Gasteiger partial charge >= 0.3 is 5.97 Å². The molecule has 0 bridgehead atoms. The van der Waals surface area contributed by atoms with Gasteiger partial charge in [-0.1, -0.05) is 51.1 Å². The van der Waals surface area contributed by atoms with Crippen molar-refractivity contribution in [3.63, 3.8) is 0 Å². The Balaban J connectivity index is 0.000000298. The monoisotopic (exact) mass is 543 g/mol. The molecule has 0 aromatic heterocycles. The summed E-state index contributed by atoms with van der Waals surface area (Å²) in [5.74, 6) is 0.997. The van der Waals surface area contributed by atoms with Gasteiger partial charge in [-0.25, -0.2) is 0 Å². The molecule has 4 fully saturated rings. The summed E-state index contributed by atoms with van der Waals surface area (Å²) in [7, 11) is 0. The number of rotatable bonds is 6. The summed E-state index contributed by atoms with van der Waals surface area (Å²) in [6, 6.07) is 10.6. The Morgan fingerprint density at radius 1 is 1.00 bits per heavy atom. The fourth-order valence-corrected chi connectivity index (χ4v) is 9.67. The van der Waals surface area contributed by atoms with Crippen molar-refractivity contribution < 1.29 is 25.2 Å². The van der Waals surface area contributed by atoms with Crippen molar-refractivity contribution in [2.75, 3.05) is 0 Å². The lowest BCUT2D eigenvalue weighted by atomic mass is 9.43. The number of benzene rings is 1. The van der Waals surface area contributed by atoms with Crippen molar-refractivity contribution in [3.8, 4) is 0 Å². The SMILES string of the molecule is CC(N)Cc1ccccc1.C[C@H](CCC(=O)O)[C@H]1CC[C@H]2[C@@H]3[C@H](O)C[C@@H]4C[C@H](O)CC[C@]4(C)[C@H]3C[C@H](O)[C@]12C. The van der Waals surface area contributed by atoms with Crippen molar-refractivity contribution in [2.45, 2.75) is 116 Å². The number of carbonyl (C=O) groups is 1. The molecule has 12 atom stereocenters. The molecule has 4 saturated carbocycles. The molecule has 39 heavy (non-hydrogen) atoms. The lowest BCUT2D eigenvalue weighted by molar-refractivity contribution is -0.207. The van der Waals surface area contributed by atoms with Crippen LogP contribution in [-0.2, 0) is 11.2 Å². The Labute approximate surface area is 235 Å². The third-order valence-electron chi connectivity index (χ3n) is 11.7. The van der Waals surface area contributed by atoms with Crippen LogP contribution in [0.3, 0.4) is 0 Å². The van der Waals surface area contributed by atoms with E-state index in [1.165, 1.54) is 5.56 Å². The van der Waals surface area contributed by atoms with Crippen LogP contribution >= 0.6 is 0 Å². The van der Waals surface area contributed by atoms with E-state index < -0.39 is 12.1 Å². The molecule has 6 heteroatoms. The fourth-order valence-electron chi connectivity index (χ4n) is 9.67. The van der Waals surface area contributed by atoms with Gasteiger partial charge in [-0.15, -0.1) is 0 Å². The normalized spacial score (nSPS) is 42.7. The summed E-state index contributed by atoms with van der Waals surface area (Å²) in [6.07, 6.45) is 6.97. The van der Waals surface area contributed by atoms with Gasteiger partial charge in [0.05, 0.1) is 18.3 Å². The minimum absolute atomic E-state index is 0.0957. The van der Waals surface area contributed by atoms with Crippen LogP contribution in [0.1, 0.15) is 91.0 Å². The third kappa shape index (κ3) is 6.10. The van der Waals surface area contributed by atoms with Crippen LogP contribution in [0, 0.1) is 46.3 Å². The van der Waals surface area contributed by atoms with Crippen LogP contribution in [0.4, 0.5) is 0 Å². The van der Waals surface area contributed by atoms with Gasteiger partial charge in [0, 0.05) is 12.5 Å². The van der Waals surface area contributed by atoms with E-state index in [9.17, 15) is 20.1 Å². The second-order valence-corrected chi connectivity index (χ2v) is 14.1. The zero-order valence-corrected chi connectivity index (χ0v) is 24.5. The minimum atomic E-state index is -0.748. The number of hydrogen-bond donors (Lipinski definition) is 5. The number of fused-ring (bicyclic) bond motifs is 5. The van der Waals surface area contributed by atoms with E-state index in [-0.39, 0.29) is 47.3 Å². The molecular formula is C33H53NO5. The minimum Gasteiger partial charge on any atom is -0.481 e. The molecule has 0 spiro atoms. The first-order valence-electron chi connectivity index (χ1n) is 15.4.